The lowest BCUT2D eigenvalue weighted by Crippen LogP contribution is -2.13. The highest BCUT2D eigenvalue weighted by atomic mass is 32.2. The highest BCUT2D eigenvalue weighted by molar-refractivity contribution is 7.93. The van der Waals surface area contributed by atoms with Crippen LogP contribution >= 0.6 is 22.7 Å². The molecule has 1 saturated carbocycles. The van der Waals surface area contributed by atoms with E-state index in [1.165, 1.54) is 17.4 Å². The minimum Gasteiger partial charge on any atom is -0.477 e. The minimum absolute atomic E-state index is 0.00526. The van der Waals surface area contributed by atoms with Gasteiger partial charge in [0.15, 0.2) is 5.13 Å². The Kier molecular flexibility index (Phi) is 3.50. The zero-order chi connectivity index (χ0) is 15.2. The summed E-state index contributed by atoms with van der Waals surface area (Å²) in [5, 5.41) is 11.1. The summed E-state index contributed by atoms with van der Waals surface area (Å²) in [6.45, 7) is 1.59. The quantitative estimate of drug-likeness (QED) is 0.869. The SMILES string of the molecule is Cc1sc(C(=O)O)cc1S(=O)(=O)Nc1nc(C2CC2)cs1. The number of aromatic carboxylic acids is 1. The van der Waals surface area contributed by atoms with E-state index in [1.807, 2.05) is 5.38 Å². The molecular weight excluding hydrogens is 332 g/mol. The van der Waals surface area contributed by atoms with Gasteiger partial charge < -0.3 is 5.11 Å². The van der Waals surface area contributed by atoms with E-state index >= 15 is 0 Å². The van der Waals surface area contributed by atoms with E-state index in [1.54, 1.807) is 6.92 Å². The molecule has 1 aliphatic carbocycles. The van der Waals surface area contributed by atoms with Crippen LogP contribution in [0.5, 0.6) is 0 Å². The number of anilines is 1. The zero-order valence-corrected chi connectivity index (χ0v) is 13.4. The lowest BCUT2D eigenvalue weighted by molar-refractivity contribution is 0.0702. The van der Waals surface area contributed by atoms with Crippen molar-refractivity contribution in [2.75, 3.05) is 4.72 Å². The molecule has 112 valence electrons. The van der Waals surface area contributed by atoms with Crippen molar-refractivity contribution in [1.29, 1.82) is 0 Å². The van der Waals surface area contributed by atoms with Crippen molar-refractivity contribution in [1.82, 2.24) is 4.98 Å². The summed E-state index contributed by atoms with van der Waals surface area (Å²) in [5.74, 6) is -0.671. The van der Waals surface area contributed by atoms with Crippen LogP contribution in [-0.4, -0.2) is 24.5 Å². The summed E-state index contributed by atoms with van der Waals surface area (Å²) in [5.41, 5.74) is 0.922. The van der Waals surface area contributed by atoms with Crippen molar-refractivity contribution < 1.29 is 18.3 Å². The molecule has 0 unspecified atom stereocenters. The molecule has 0 spiro atoms. The van der Waals surface area contributed by atoms with Gasteiger partial charge in [0.25, 0.3) is 10.0 Å². The van der Waals surface area contributed by atoms with E-state index in [0.29, 0.717) is 15.9 Å². The van der Waals surface area contributed by atoms with E-state index < -0.39 is 16.0 Å². The Morgan fingerprint density at radius 3 is 2.76 bits per heavy atom. The molecule has 2 heterocycles. The fourth-order valence-electron chi connectivity index (χ4n) is 1.91. The summed E-state index contributed by atoms with van der Waals surface area (Å²) < 4.78 is 27.1. The second-order valence-corrected chi connectivity index (χ2v) is 8.56. The van der Waals surface area contributed by atoms with Crippen molar-refractivity contribution in [3.8, 4) is 0 Å². The predicted molar refractivity (Wildman–Crippen MR) is 80.9 cm³/mol. The molecule has 21 heavy (non-hydrogen) atoms. The molecule has 2 aromatic rings. The Bertz CT molecular complexity index is 802. The topological polar surface area (TPSA) is 96.4 Å². The van der Waals surface area contributed by atoms with Crippen LogP contribution in [-0.2, 0) is 10.0 Å². The third kappa shape index (κ3) is 2.94. The molecule has 0 aromatic carbocycles. The molecule has 0 aliphatic heterocycles. The maximum atomic E-state index is 12.3. The lowest BCUT2D eigenvalue weighted by atomic mass is 10.3. The van der Waals surface area contributed by atoms with Gasteiger partial charge in [-0.05, 0) is 25.8 Å². The first-order valence-corrected chi connectivity index (χ1v) is 9.37. The maximum absolute atomic E-state index is 12.3. The van der Waals surface area contributed by atoms with Crippen LogP contribution in [0.1, 0.15) is 39.0 Å². The fourth-order valence-corrected chi connectivity index (χ4v) is 5.38. The number of nitrogens with one attached hydrogen (secondary N) is 1. The first-order chi connectivity index (χ1) is 9.87. The van der Waals surface area contributed by atoms with E-state index in [9.17, 15) is 13.2 Å². The van der Waals surface area contributed by atoms with E-state index in [0.717, 1.165) is 29.9 Å². The number of aromatic nitrogens is 1. The number of hydrogen-bond acceptors (Lipinski definition) is 6. The van der Waals surface area contributed by atoms with Crippen LogP contribution in [0.4, 0.5) is 5.13 Å². The molecule has 2 N–H and O–H groups in total. The third-order valence-electron chi connectivity index (χ3n) is 3.11. The smallest absolute Gasteiger partial charge is 0.345 e. The highest BCUT2D eigenvalue weighted by Crippen LogP contribution is 2.41. The molecule has 0 bridgehead atoms. The Morgan fingerprint density at radius 2 is 2.19 bits per heavy atom. The lowest BCUT2D eigenvalue weighted by Gasteiger charge is -2.03. The van der Waals surface area contributed by atoms with Gasteiger partial charge in [0.1, 0.15) is 9.77 Å². The van der Waals surface area contributed by atoms with E-state index in [2.05, 4.69) is 9.71 Å². The number of nitrogens with zero attached hydrogens (tertiary/aromatic N) is 1. The number of thiophene rings is 1. The van der Waals surface area contributed by atoms with Gasteiger partial charge in [0, 0.05) is 16.2 Å². The van der Waals surface area contributed by atoms with Crippen molar-refractivity contribution in [2.45, 2.75) is 30.6 Å². The normalized spacial score (nSPS) is 15.1. The Hall–Kier alpha value is -1.45. The van der Waals surface area contributed by atoms with Crippen LogP contribution in [0, 0.1) is 6.92 Å². The van der Waals surface area contributed by atoms with Crippen LogP contribution in [0.25, 0.3) is 0 Å². The number of hydrogen-bond donors (Lipinski definition) is 2. The van der Waals surface area contributed by atoms with Crippen molar-refractivity contribution in [3.63, 3.8) is 0 Å². The molecule has 0 radical (unpaired) electrons. The minimum atomic E-state index is -3.80. The molecule has 3 rings (SSSR count). The number of carbonyl (C=O) groups is 1. The fraction of sp³-hybridized carbons (Fsp3) is 0.333. The molecular formula is C12H12N2O4S3. The summed E-state index contributed by atoms with van der Waals surface area (Å²) in [6, 6.07) is 1.18. The van der Waals surface area contributed by atoms with Crippen LogP contribution in [0.3, 0.4) is 0 Å². The number of aryl methyl sites for hydroxylation is 1. The van der Waals surface area contributed by atoms with Gasteiger partial charge in [0.05, 0.1) is 5.69 Å². The van der Waals surface area contributed by atoms with Gasteiger partial charge >= 0.3 is 5.97 Å². The average molecular weight is 344 g/mol. The van der Waals surface area contributed by atoms with E-state index in [-0.39, 0.29) is 9.77 Å². The number of carboxylic acid groups (broad SMARTS) is 1. The van der Waals surface area contributed by atoms with Gasteiger partial charge in [-0.2, -0.15) is 0 Å². The average Bonchev–Trinajstić information content (AvgIpc) is 3.01. The monoisotopic (exact) mass is 344 g/mol. The Morgan fingerprint density at radius 1 is 1.48 bits per heavy atom. The highest BCUT2D eigenvalue weighted by Gasteiger charge is 2.27. The van der Waals surface area contributed by atoms with Gasteiger partial charge in [-0.25, -0.2) is 18.2 Å². The number of thiazole rings is 1. The standard InChI is InChI=1S/C12H12N2O4S3/c1-6-10(4-9(20-6)11(15)16)21(17,18)14-12-13-8(5-19-12)7-2-3-7/h4-5,7H,2-3H2,1H3,(H,13,14)(H,15,16). The van der Waals surface area contributed by atoms with Crippen LogP contribution in [0.15, 0.2) is 16.3 Å². The van der Waals surface area contributed by atoms with Crippen LogP contribution in [0.2, 0.25) is 0 Å². The molecule has 0 amide bonds. The molecule has 9 heteroatoms. The first-order valence-electron chi connectivity index (χ1n) is 6.19. The van der Waals surface area contributed by atoms with E-state index in [4.69, 9.17) is 5.11 Å². The summed E-state index contributed by atoms with van der Waals surface area (Å²) in [6.07, 6.45) is 2.20. The number of sulfonamides is 1. The van der Waals surface area contributed by atoms with Gasteiger partial charge in [-0.3, -0.25) is 4.72 Å². The Balaban J connectivity index is 1.87. The molecule has 1 aliphatic rings. The summed E-state index contributed by atoms with van der Waals surface area (Å²) >= 11 is 2.19. The van der Waals surface area contributed by atoms with Crippen LogP contribution < -0.4 is 4.72 Å². The molecule has 1 fully saturated rings. The number of carboxylic acids is 1. The molecule has 0 saturated heterocycles. The zero-order valence-electron chi connectivity index (χ0n) is 11.0. The second kappa shape index (κ2) is 5.08. The van der Waals surface area contributed by atoms with Crippen molar-refractivity contribution in [3.05, 3.63) is 26.9 Å². The summed E-state index contributed by atoms with van der Waals surface area (Å²) in [4.78, 5) is 15.6. The third-order valence-corrected chi connectivity index (χ3v) is 6.65. The van der Waals surface area contributed by atoms with Gasteiger partial charge in [0.2, 0.25) is 0 Å². The molecule has 6 nitrogen and oxygen atoms in total. The predicted octanol–water partition coefficient (Wildman–Crippen LogP) is 2.89. The summed E-state index contributed by atoms with van der Waals surface area (Å²) in [7, 11) is -3.80. The Labute approximate surface area is 129 Å². The maximum Gasteiger partial charge on any atom is 0.345 e. The van der Waals surface area contributed by atoms with Gasteiger partial charge in [-0.1, -0.05) is 0 Å². The molecule has 2 aromatic heterocycles. The number of rotatable bonds is 5. The second-order valence-electron chi connectivity index (χ2n) is 4.79. The largest absolute Gasteiger partial charge is 0.477 e. The van der Waals surface area contributed by atoms with Crippen molar-refractivity contribution >= 4 is 43.8 Å². The molecule has 0 atom stereocenters. The first kappa shape index (κ1) is 14.5. The van der Waals surface area contributed by atoms with Gasteiger partial charge in [-0.15, -0.1) is 22.7 Å². The van der Waals surface area contributed by atoms with Crippen molar-refractivity contribution in [2.24, 2.45) is 0 Å².